The summed E-state index contributed by atoms with van der Waals surface area (Å²) in [4.78, 5) is 21.7. The molecule has 0 aliphatic carbocycles. The van der Waals surface area contributed by atoms with E-state index >= 15 is 0 Å². The van der Waals surface area contributed by atoms with Crippen LogP contribution in [0.1, 0.15) is 15.9 Å². The van der Waals surface area contributed by atoms with Gasteiger partial charge in [-0.1, -0.05) is 29.8 Å². The molecule has 0 unspecified atom stereocenters. The number of aromatic nitrogens is 2. The molecule has 2 heterocycles. The van der Waals surface area contributed by atoms with Gasteiger partial charge in [0.05, 0.1) is 16.8 Å². The van der Waals surface area contributed by atoms with Gasteiger partial charge in [-0.15, -0.1) is 0 Å². The van der Waals surface area contributed by atoms with E-state index in [1.807, 2.05) is 6.07 Å². The maximum Gasteiger partial charge on any atom is 0.252 e. The SMILES string of the molecule is O=C(NCc1ccccc1F)c1cc(-c2cccnc2)nc2ccc(Cl)cc12. The van der Waals surface area contributed by atoms with Crippen molar-refractivity contribution >= 4 is 28.4 Å². The van der Waals surface area contributed by atoms with Crippen molar-refractivity contribution in [3.05, 3.63) is 95.0 Å². The molecule has 0 aliphatic rings. The van der Waals surface area contributed by atoms with Crippen LogP contribution in [0.3, 0.4) is 0 Å². The van der Waals surface area contributed by atoms with Crippen molar-refractivity contribution in [1.29, 1.82) is 0 Å². The molecule has 0 spiro atoms. The number of nitrogens with zero attached hydrogens (tertiary/aromatic N) is 2. The number of carbonyl (C=O) groups excluding carboxylic acids is 1. The molecule has 1 N–H and O–H groups in total. The van der Waals surface area contributed by atoms with Gasteiger partial charge in [-0.3, -0.25) is 9.78 Å². The first-order valence-electron chi connectivity index (χ1n) is 8.64. The molecule has 4 aromatic rings. The third-order valence-electron chi connectivity index (χ3n) is 4.37. The first-order valence-corrected chi connectivity index (χ1v) is 9.02. The van der Waals surface area contributed by atoms with Crippen LogP contribution in [0.15, 0.2) is 73.1 Å². The fraction of sp³-hybridized carbons (Fsp3) is 0.0455. The van der Waals surface area contributed by atoms with Crippen molar-refractivity contribution in [2.45, 2.75) is 6.54 Å². The number of amides is 1. The molecule has 0 fully saturated rings. The molecular weight excluding hydrogens is 377 g/mol. The number of hydrogen-bond acceptors (Lipinski definition) is 3. The Labute approximate surface area is 166 Å². The van der Waals surface area contributed by atoms with E-state index in [1.165, 1.54) is 6.07 Å². The number of pyridine rings is 2. The summed E-state index contributed by atoms with van der Waals surface area (Å²) in [5, 5.41) is 3.92. The van der Waals surface area contributed by atoms with E-state index in [0.29, 0.717) is 32.7 Å². The summed E-state index contributed by atoms with van der Waals surface area (Å²) < 4.78 is 13.8. The first-order chi connectivity index (χ1) is 13.6. The Kier molecular flexibility index (Phi) is 5.00. The Hall–Kier alpha value is -3.31. The van der Waals surface area contributed by atoms with Gasteiger partial charge in [-0.05, 0) is 42.5 Å². The van der Waals surface area contributed by atoms with Crippen molar-refractivity contribution in [2.75, 3.05) is 0 Å². The van der Waals surface area contributed by atoms with Gasteiger partial charge in [0.25, 0.3) is 5.91 Å². The van der Waals surface area contributed by atoms with Gasteiger partial charge in [-0.2, -0.15) is 0 Å². The summed E-state index contributed by atoms with van der Waals surface area (Å²) >= 11 is 6.13. The largest absolute Gasteiger partial charge is 0.348 e. The highest BCUT2D eigenvalue weighted by Crippen LogP contribution is 2.27. The second kappa shape index (κ2) is 7.74. The van der Waals surface area contributed by atoms with Crippen molar-refractivity contribution in [1.82, 2.24) is 15.3 Å². The zero-order chi connectivity index (χ0) is 19.5. The lowest BCUT2D eigenvalue weighted by Crippen LogP contribution is -2.23. The molecule has 1 amide bonds. The van der Waals surface area contributed by atoms with Crippen LogP contribution in [0.2, 0.25) is 5.02 Å². The van der Waals surface area contributed by atoms with Crippen LogP contribution < -0.4 is 5.32 Å². The highest BCUT2D eigenvalue weighted by Gasteiger charge is 2.15. The van der Waals surface area contributed by atoms with E-state index in [9.17, 15) is 9.18 Å². The standard InChI is InChI=1S/C22H15ClFN3O/c23-16-7-8-20-17(10-16)18(11-21(27-20)15-5-3-9-25-12-15)22(28)26-13-14-4-1-2-6-19(14)24/h1-12H,13H2,(H,26,28). The normalized spacial score (nSPS) is 10.8. The van der Waals surface area contributed by atoms with Crippen molar-refractivity contribution in [3.63, 3.8) is 0 Å². The molecule has 4 rings (SSSR count). The predicted molar refractivity (Wildman–Crippen MR) is 108 cm³/mol. The van der Waals surface area contributed by atoms with Gasteiger partial charge in [-0.25, -0.2) is 9.37 Å². The summed E-state index contributed by atoms with van der Waals surface area (Å²) in [7, 11) is 0. The van der Waals surface area contributed by atoms with Crippen molar-refractivity contribution in [3.8, 4) is 11.3 Å². The van der Waals surface area contributed by atoms with Gasteiger partial charge in [0.15, 0.2) is 0 Å². The molecule has 6 heteroatoms. The highest BCUT2D eigenvalue weighted by atomic mass is 35.5. The number of carbonyl (C=O) groups is 1. The van der Waals surface area contributed by atoms with Crippen molar-refractivity contribution < 1.29 is 9.18 Å². The molecule has 0 saturated carbocycles. The van der Waals surface area contributed by atoms with Crippen LogP contribution in [0, 0.1) is 5.82 Å². The number of benzene rings is 2. The lowest BCUT2D eigenvalue weighted by atomic mass is 10.0. The minimum Gasteiger partial charge on any atom is -0.348 e. The third-order valence-corrected chi connectivity index (χ3v) is 4.60. The van der Waals surface area contributed by atoms with E-state index in [0.717, 1.165) is 5.56 Å². The Bertz CT molecular complexity index is 1170. The molecule has 138 valence electrons. The number of nitrogens with one attached hydrogen (secondary N) is 1. The predicted octanol–water partition coefficient (Wildman–Crippen LogP) is 5.02. The van der Waals surface area contributed by atoms with Crippen LogP contribution in [0.25, 0.3) is 22.2 Å². The lowest BCUT2D eigenvalue weighted by molar-refractivity contribution is 0.0952. The average molecular weight is 392 g/mol. The average Bonchev–Trinajstić information content (AvgIpc) is 2.73. The minimum absolute atomic E-state index is 0.0815. The van der Waals surface area contributed by atoms with Gasteiger partial charge in [0.2, 0.25) is 0 Å². The van der Waals surface area contributed by atoms with Gasteiger partial charge in [0.1, 0.15) is 5.82 Å². The number of rotatable bonds is 4. The van der Waals surface area contributed by atoms with Crippen LogP contribution in [-0.4, -0.2) is 15.9 Å². The Balaban J connectivity index is 1.74. The summed E-state index contributed by atoms with van der Waals surface area (Å²) in [6.07, 6.45) is 3.36. The third kappa shape index (κ3) is 3.70. The first kappa shape index (κ1) is 18.1. The maximum atomic E-state index is 13.8. The molecule has 0 atom stereocenters. The fourth-order valence-corrected chi connectivity index (χ4v) is 3.13. The smallest absolute Gasteiger partial charge is 0.252 e. The van der Waals surface area contributed by atoms with Crippen molar-refractivity contribution in [2.24, 2.45) is 0 Å². The molecule has 28 heavy (non-hydrogen) atoms. The van der Waals surface area contributed by atoms with E-state index in [2.05, 4.69) is 15.3 Å². The summed E-state index contributed by atoms with van der Waals surface area (Å²) in [6.45, 7) is 0.0815. The molecule has 4 nitrogen and oxygen atoms in total. The maximum absolute atomic E-state index is 13.8. The summed E-state index contributed by atoms with van der Waals surface area (Å²) in [5.41, 5.74) is 2.89. The summed E-state index contributed by atoms with van der Waals surface area (Å²) in [6, 6.07) is 16.9. The molecule has 0 bridgehead atoms. The van der Waals surface area contributed by atoms with Crippen LogP contribution in [-0.2, 0) is 6.54 Å². The number of hydrogen-bond donors (Lipinski definition) is 1. The quantitative estimate of drug-likeness (QED) is 0.531. The van der Waals surface area contributed by atoms with Crippen LogP contribution in [0.5, 0.6) is 0 Å². The zero-order valence-corrected chi connectivity index (χ0v) is 15.4. The summed E-state index contributed by atoms with van der Waals surface area (Å²) in [5.74, 6) is -0.690. The monoisotopic (exact) mass is 391 g/mol. The molecule has 2 aromatic carbocycles. The Morgan fingerprint density at radius 3 is 2.71 bits per heavy atom. The molecule has 0 aliphatic heterocycles. The molecule has 2 aromatic heterocycles. The van der Waals surface area contributed by atoms with Crippen LogP contribution >= 0.6 is 11.6 Å². The second-order valence-electron chi connectivity index (χ2n) is 6.23. The van der Waals surface area contributed by atoms with Gasteiger partial charge < -0.3 is 5.32 Å². The highest BCUT2D eigenvalue weighted by molar-refractivity contribution is 6.31. The Morgan fingerprint density at radius 1 is 1.07 bits per heavy atom. The fourth-order valence-electron chi connectivity index (χ4n) is 2.96. The van der Waals surface area contributed by atoms with E-state index in [4.69, 9.17) is 11.6 Å². The van der Waals surface area contributed by atoms with E-state index in [1.54, 1.807) is 60.9 Å². The van der Waals surface area contributed by atoms with E-state index in [-0.39, 0.29) is 18.3 Å². The van der Waals surface area contributed by atoms with E-state index < -0.39 is 0 Å². The lowest BCUT2D eigenvalue weighted by Gasteiger charge is -2.11. The van der Waals surface area contributed by atoms with Gasteiger partial charge in [0, 0.05) is 40.5 Å². The second-order valence-corrected chi connectivity index (χ2v) is 6.67. The molecule has 0 saturated heterocycles. The molecule has 0 radical (unpaired) electrons. The zero-order valence-electron chi connectivity index (χ0n) is 14.7. The van der Waals surface area contributed by atoms with Crippen LogP contribution in [0.4, 0.5) is 4.39 Å². The minimum atomic E-state index is -0.360. The molecular formula is C22H15ClFN3O. The topological polar surface area (TPSA) is 54.9 Å². The number of halogens is 2. The van der Waals surface area contributed by atoms with Gasteiger partial charge >= 0.3 is 0 Å². The number of fused-ring (bicyclic) bond motifs is 1. The Morgan fingerprint density at radius 2 is 1.93 bits per heavy atom.